The molecule has 178 valence electrons. The molecule has 36 heavy (non-hydrogen) atoms. The molecule has 2 heterocycles. The topological polar surface area (TPSA) is 49.9 Å². The van der Waals surface area contributed by atoms with E-state index in [1.807, 2.05) is 72.8 Å². The smallest absolute Gasteiger partial charge is 0.256 e. The van der Waals surface area contributed by atoms with Crippen molar-refractivity contribution in [2.75, 3.05) is 13.1 Å². The minimum Gasteiger partial charge on any atom is -0.489 e. The molecular formula is C30H23FN2O3. The van der Waals surface area contributed by atoms with E-state index in [2.05, 4.69) is 0 Å². The fourth-order valence-corrected chi connectivity index (χ4v) is 5.32. The molecule has 0 N–H and O–H groups in total. The van der Waals surface area contributed by atoms with Crippen LogP contribution < -0.4 is 4.74 Å². The van der Waals surface area contributed by atoms with E-state index >= 15 is 0 Å². The molecule has 0 aliphatic carbocycles. The van der Waals surface area contributed by atoms with Crippen LogP contribution in [0.15, 0.2) is 103 Å². The van der Waals surface area contributed by atoms with Crippen LogP contribution >= 0.6 is 0 Å². The van der Waals surface area contributed by atoms with E-state index in [0.717, 1.165) is 16.7 Å². The summed E-state index contributed by atoms with van der Waals surface area (Å²) in [6.07, 6.45) is 0. The second kappa shape index (κ2) is 8.64. The van der Waals surface area contributed by atoms with Gasteiger partial charge in [0, 0.05) is 35.3 Å². The quantitative estimate of drug-likeness (QED) is 0.395. The van der Waals surface area contributed by atoms with Crippen LogP contribution in [0, 0.1) is 5.82 Å². The van der Waals surface area contributed by atoms with Crippen LogP contribution in [0.1, 0.15) is 37.4 Å². The number of ether oxygens (including phenoxy) is 1. The molecular weight excluding hydrogens is 455 g/mol. The molecule has 4 aromatic rings. The molecule has 2 amide bonds. The van der Waals surface area contributed by atoms with Gasteiger partial charge in [-0.3, -0.25) is 9.59 Å². The third kappa shape index (κ3) is 3.37. The molecule has 2 aliphatic rings. The number of hydrogen-bond donors (Lipinski definition) is 0. The van der Waals surface area contributed by atoms with Gasteiger partial charge in [-0.05, 0) is 48.0 Å². The summed E-state index contributed by atoms with van der Waals surface area (Å²) in [5.74, 6) is -0.0785. The molecule has 0 spiro atoms. The zero-order valence-electron chi connectivity index (χ0n) is 19.4. The summed E-state index contributed by atoms with van der Waals surface area (Å²) in [6, 6.07) is 30.4. The van der Waals surface area contributed by atoms with Crippen molar-refractivity contribution in [3.63, 3.8) is 0 Å². The SMILES string of the molecule is O=C(c1ccc(F)cc1)N1CCN2C(=O)c3ccccc3C12c1ccc(OCc2ccccc2)cc1. The van der Waals surface area contributed by atoms with Gasteiger partial charge in [0.15, 0.2) is 5.66 Å². The first kappa shape index (κ1) is 22.0. The number of nitrogens with zero attached hydrogens (tertiary/aromatic N) is 2. The molecule has 0 aromatic heterocycles. The van der Waals surface area contributed by atoms with Gasteiger partial charge in [0.2, 0.25) is 0 Å². The van der Waals surface area contributed by atoms with E-state index in [1.54, 1.807) is 15.9 Å². The van der Waals surface area contributed by atoms with Crippen LogP contribution in [0.25, 0.3) is 0 Å². The van der Waals surface area contributed by atoms with Crippen molar-refractivity contribution in [2.24, 2.45) is 0 Å². The normalized spacial score (nSPS) is 18.2. The number of rotatable bonds is 5. The zero-order chi connectivity index (χ0) is 24.7. The lowest BCUT2D eigenvalue weighted by atomic mass is 9.89. The van der Waals surface area contributed by atoms with Gasteiger partial charge in [-0.2, -0.15) is 0 Å². The van der Waals surface area contributed by atoms with Crippen LogP contribution in [0.3, 0.4) is 0 Å². The van der Waals surface area contributed by atoms with E-state index in [4.69, 9.17) is 4.74 Å². The van der Waals surface area contributed by atoms with Gasteiger partial charge < -0.3 is 14.5 Å². The van der Waals surface area contributed by atoms with Crippen molar-refractivity contribution in [1.82, 2.24) is 9.80 Å². The maximum Gasteiger partial charge on any atom is 0.256 e. The van der Waals surface area contributed by atoms with Crippen LogP contribution in [0.4, 0.5) is 4.39 Å². The average Bonchev–Trinajstić information content (AvgIpc) is 3.44. The van der Waals surface area contributed by atoms with Crippen molar-refractivity contribution >= 4 is 11.8 Å². The number of amides is 2. The lowest BCUT2D eigenvalue weighted by molar-refractivity contribution is 0.0375. The summed E-state index contributed by atoms with van der Waals surface area (Å²) in [7, 11) is 0. The maximum atomic E-state index is 13.8. The van der Waals surface area contributed by atoms with Crippen molar-refractivity contribution < 1.29 is 18.7 Å². The number of fused-ring (bicyclic) bond motifs is 3. The summed E-state index contributed by atoms with van der Waals surface area (Å²) in [6.45, 7) is 1.20. The number of carbonyl (C=O) groups excluding carboxylic acids is 2. The molecule has 5 nitrogen and oxygen atoms in total. The fourth-order valence-electron chi connectivity index (χ4n) is 5.32. The summed E-state index contributed by atoms with van der Waals surface area (Å²) in [5.41, 5.74) is 2.49. The Hall–Kier alpha value is -4.45. The first-order chi connectivity index (χ1) is 17.6. The van der Waals surface area contributed by atoms with Crippen molar-refractivity contribution in [1.29, 1.82) is 0 Å². The molecule has 2 aliphatic heterocycles. The van der Waals surface area contributed by atoms with Gasteiger partial charge in [-0.25, -0.2) is 4.39 Å². The molecule has 0 saturated carbocycles. The van der Waals surface area contributed by atoms with Gasteiger partial charge in [-0.15, -0.1) is 0 Å². The Bertz CT molecular complexity index is 1440. The van der Waals surface area contributed by atoms with E-state index < -0.39 is 11.5 Å². The van der Waals surface area contributed by atoms with E-state index in [9.17, 15) is 14.0 Å². The predicted molar refractivity (Wildman–Crippen MR) is 133 cm³/mol. The highest BCUT2D eigenvalue weighted by atomic mass is 19.1. The average molecular weight is 479 g/mol. The van der Waals surface area contributed by atoms with Crippen LogP contribution in [0.2, 0.25) is 0 Å². The molecule has 1 atom stereocenters. The highest BCUT2D eigenvalue weighted by Gasteiger charge is 2.59. The summed E-state index contributed by atoms with van der Waals surface area (Å²) in [4.78, 5) is 30.7. The van der Waals surface area contributed by atoms with Gasteiger partial charge in [0.1, 0.15) is 18.2 Å². The molecule has 6 rings (SSSR count). The number of hydrogen-bond acceptors (Lipinski definition) is 3. The second-order valence-electron chi connectivity index (χ2n) is 8.94. The van der Waals surface area contributed by atoms with Crippen molar-refractivity contribution in [3.8, 4) is 5.75 Å². The lowest BCUT2D eigenvalue weighted by Crippen LogP contribution is -2.51. The zero-order valence-corrected chi connectivity index (χ0v) is 19.4. The third-order valence-electron chi connectivity index (χ3n) is 6.95. The Morgan fingerprint density at radius 1 is 0.833 bits per heavy atom. The number of carbonyl (C=O) groups is 2. The highest BCUT2D eigenvalue weighted by Crippen LogP contribution is 2.50. The minimum absolute atomic E-state index is 0.107. The van der Waals surface area contributed by atoms with Crippen LogP contribution in [0.5, 0.6) is 5.75 Å². The second-order valence-corrected chi connectivity index (χ2v) is 8.94. The number of halogens is 1. The number of benzene rings is 4. The van der Waals surface area contributed by atoms with Crippen molar-refractivity contribution in [2.45, 2.75) is 12.3 Å². The highest BCUT2D eigenvalue weighted by molar-refractivity contribution is 6.03. The lowest BCUT2D eigenvalue weighted by Gasteiger charge is -2.40. The van der Waals surface area contributed by atoms with Crippen LogP contribution in [-0.4, -0.2) is 34.7 Å². The third-order valence-corrected chi connectivity index (χ3v) is 6.95. The summed E-state index contributed by atoms with van der Waals surface area (Å²) >= 11 is 0. The summed E-state index contributed by atoms with van der Waals surface area (Å²) in [5, 5.41) is 0. The Balaban J connectivity index is 1.41. The van der Waals surface area contributed by atoms with Gasteiger partial charge in [0.05, 0.1) is 0 Å². The maximum absolute atomic E-state index is 13.8. The molecule has 1 fully saturated rings. The largest absolute Gasteiger partial charge is 0.489 e. The van der Waals surface area contributed by atoms with E-state index in [-0.39, 0.29) is 11.8 Å². The first-order valence-corrected chi connectivity index (χ1v) is 11.9. The molecule has 0 radical (unpaired) electrons. The Labute approximate surface area is 208 Å². The summed E-state index contributed by atoms with van der Waals surface area (Å²) < 4.78 is 19.5. The van der Waals surface area contributed by atoms with E-state index in [1.165, 1.54) is 24.3 Å². The Kier molecular flexibility index (Phi) is 5.29. The predicted octanol–water partition coefficient (Wildman–Crippen LogP) is 5.22. The first-order valence-electron chi connectivity index (χ1n) is 11.9. The monoisotopic (exact) mass is 478 g/mol. The van der Waals surface area contributed by atoms with Gasteiger partial charge >= 0.3 is 0 Å². The van der Waals surface area contributed by atoms with Gasteiger partial charge in [-0.1, -0.05) is 60.7 Å². The molecule has 6 heteroatoms. The molecule has 4 aromatic carbocycles. The van der Waals surface area contributed by atoms with Gasteiger partial charge in [0.25, 0.3) is 11.8 Å². The standard InChI is InChI=1S/C30H23FN2O3/c31-24-14-10-22(11-15-24)28(34)32-18-19-33-29(35)26-8-4-5-9-27(26)30(32,33)23-12-16-25(17-13-23)36-20-21-6-2-1-3-7-21/h1-17H,18-20H2. The van der Waals surface area contributed by atoms with E-state index in [0.29, 0.717) is 36.6 Å². The fraction of sp³-hybridized carbons (Fsp3) is 0.133. The molecule has 1 unspecified atom stereocenters. The Morgan fingerprint density at radius 3 is 2.28 bits per heavy atom. The molecule has 0 bridgehead atoms. The minimum atomic E-state index is -1.09. The van der Waals surface area contributed by atoms with Crippen molar-refractivity contribution in [3.05, 3.63) is 137 Å². The van der Waals surface area contributed by atoms with Crippen LogP contribution in [-0.2, 0) is 12.3 Å². The molecule has 1 saturated heterocycles. The Morgan fingerprint density at radius 2 is 1.53 bits per heavy atom.